The first-order chi connectivity index (χ1) is 13.9. The second-order valence-electron chi connectivity index (χ2n) is 9.41. The SMILES string of the molecule is C/C(CC(=O)NC12CC3CC(CC(C3)C1)C2)=N\NC(=O)COc1cccc(C)c1. The van der Waals surface area contributed by atoms with Crippen molar-refractivity contribution in [2.75, 3.05) is 6.61 Å². The fraction of sp³-hybridized carbons (Fsp3) is 0.609. The number of carbonyl (C=O) groups is 2. The molecule has 4 bridgehead atoms. The second-order valence-corrected chi connectivity index (χ2v) is 9.41. The molecule has 4 fully saturated rings. The van der Waals surface area contributed by atoms with E-state index in [2.05, 4.69) is 15.8 Å². The number of aryl methyl sites for hydroxylation is 1. The van der Waals surface area contributed by atoms with Gasteiger partial charge in [0.1, 0.15) is 5.75 Å². The van der Waals surface area contributed by atoms with Crippen LogP contribution in [0.4, 0.5) is 0 Å². The van der Waals surface area contributed by atoms with Crippen LogP contribution >= 0.6 is 0 Å². The highest BCUT2D eigenvalue weighted by atomic mass is 16.5. The summed E-state index contributed by atoms with van der Waals surface area (Å²) < 4.78 is 5.46. The molecule has 0 saturated heterocycles. The topological polar surface area (TPSA) is 79.8 Å². The predicted molar refractivity (Wildman–Crippen MR) is 112 cm³/mol. The molecule has 4 saturated carbocycles. The first-order valence-electron chi connectivity index (χ1n) is 10.7. The summed E-state index contributed by atoms with van der Waals surface area (Å²) in [6.07, 6.45) is 7.67. The first kappa shape index (κ1) is 19.9. The van der Waals surface area contributed by atoms with E-state index in [-0.39, 0.29) is 30.4 Å². The van der Waals surface area contributed by atoms with Gasteiger partial charge in [-0.3, -0.25) is 9.59 Å². The Kier molecular flexibility index (Phi) is 5.61. The molecule has 1 aromatic rings. The largest absolute Gasteiger partial charge is 0.484 e. The Labute approximate surface area is 172 Å². The molecular formula is C23H31N3O3. The molecule has 156 valence electrons. The van der Waals surface area contributed by atoms with E-state index >= 15 is 0 Å². The van der Waals surface area contributed by atoms with Crippen molar-refractivity contribution in [3.8, 4) is 5.75 Å². The van der Waals surface area contributed by atoms with Crippen LogP contribution in [0.25, 0.3) is 0 Å². The van der Waals surface area contributed by atoms with Crippen molar-refractivity contribution in [3.63, 3.8) is 0 Å². The molecule has 0 heterocycles. The van der Waals surface area contributed by atoms with Crippen molar-refractivity contribution in [2.24, 2.45) is 22.9 Å². The van der Waals surface area contributed by atoms with Crippen LogP contribution in [0.3, 0.4) is 0 Å². The Morgan fingerprint density at radius 1 is 1.10 bits per heavy atom. The number of hydrogen-bond donors (Lipinski definition) is 2. The van der Waals surface area contributed by atoms with Gasteiger partial charge >= 0.3 is 0 Å². The molecule has 6 nitrogen and oxygen atoms in total. The zero-order chi connectivity index (χ0) is 20.4. The van der Waals surface area contributed by atoms with Crippen LogP contribution in [0.15, 0.2) is 29.4 Å². The summed E-state index contributed by atoms with van der Waals surface area (Å²) in [6, 6.07) is 7.53. The lowest BCUT2D eigenvalue weighted by molar-refractivity contribution is -0.126. The fourth-order valence-corrected chi connectivity index (χ4v) is 5.92. The predicted octanol–water partition coefficient (Wildman–Crippen LogP) is 3.34. The number of rotatable bonds is 7. The van der Waals surface area contributed by atoms with Crippen LogP contribution < -0.4 is 15.5 Å². The van der Waals surface area contributed by atoms with Gasteiger partial charge < -0.3 is 10.1 Å². The molecule has 0 spiro atoms. The normalized spacial score (nSPS) is 30.1. The van der Waals surface area contributed by atoms with Gasteiger partial charge in [-0.2, -0.15) is 5.10 Å². The molecule has 0 aliphatic heterocycles. The summed E-state index contributed by atoms with van der Waals surface area (Å²) in [4.78, 5) is 24.5. The Hall–Kier alpha value is -2.37. The van der Waals surface area contributed by atoms with Gasteiger partial charge in [-0.25, -0.2) is 5.43 Å². The molecule has 4 aliphatic carbocycles. The molecule has 0 radical (unpaired) electrons. The zero-order valence-corrected chi connectivity index (χ0v) is 17.4. The lowest BCUT2D eigenvalue weighted by Crippen LogP contribution is -2.60. The summed E-state index contributed by atoms with van der Waals surface area (Å²) in [5, 5.41) is 7.40. The lowest BCUT2D eigenvalue weighted by Gasteiger charge is -2.56. The van der Waals surface area contributed by atoms with Crippen molar-refractivity contribution in [3.05, 3.63) is 29.8 Å². The van der Waals surface area contributed by atoms with Gasteiger partial charge in [0.05, 0.1) is 6.42 Å². The molecule has 2 N–H and O–H groups in total. The van der Waals surface area contributed by atoms with E-state index in [0.717, 1.165) is 42.6 Å². The molecule has 0 unspecified atom stereocenters. The zero-order valence-electron chi connectivity index (χ0n) is 17.4. The Balaban J connectivity index is 1.22. The third kappa shape index (κ3) is 4.98. The first-order valence-corrected chi connectivity index (χ1v) is 10.7. The summed E-state index contributed by atoms with van der Waals surface area (Å²) in [7, 11) is 0. The summed E-state index contributed by atoms with van der Waals surface area (Å²) in [6.45, 7) is 3.62. The molecule has 0 atom stereocenters. The monoisotopic (exact) mass is 397 g/mol. The van der Waals surface area contributed by atoms with E-state index in [1.54, 1.807) is 6.92 Å². The second kappa shape index (κ2) is 8.17. The van der Waals surface area contributed by atoms with Crippen molar-refractivity contribution in [1.82, 2.24) is 10.7 Å². The average molecular weight is 398 g/mol. The van der Waals surface area contributed by atoms with E-state index in [4.69, 9.17) is 4.74 Å². The fourth-order valence-electron chi connectivity index (χ4n) is 5.92. The molecule has 5 rings (SSSR count). The van der Waals surface area contributed by atoms with Crippen LogP contribution in [0.2, 0.25) is 0 Å². The third-order valence-electron chi connectivity index (χ3n) is 6.59. The Morgan fingerprint density at radius 2 is 1.76 bits per heavy atom. The smallest absolute Gasteiger partial charge is 0.277 e. The average Bonchev–Trinajstić information content (AvgIpc) is 2.63. The van der Waals surface area contributed by atoms with E-state index in [1.165, 1.54) is 19.3 Å². The van der Waals surface area contributed by atoms with E-state index in [0.29, 0.717) is 11.5 Å². The quantitative estimate of drug-likeness (QED) is 0.547. The van der Waals surface area contributed by atoms with Crippen molar-refractivity contribution in [1.29, 1.82) is 0 Å². The molecule has 4 aliphatic rings. The minimum Gasteiger partial charge on any atom is -0.484 e. The van der Waals surface area contributed by atoms with Gasteiger partial charge in [0.2, 0.25) is 5.91 Å². The number of ether oxygens (including phenoxy) is 1. The van der Waals surface area contributed by atoms with Crippen LogP contribution in [0.5, 0.6) is 5.75 Å². The van der Waals surface area contributed by atoms with Crippen molar-refractivity contribution >= 4 is 17.5 Å². The molecule has 6 heteroatoms. The molecule has 2 amide bonds. The highest BCUT2D eigenvalue weighted by Crippen LogP contribution is 2.55. The summed E-state index contributed by atoms with van der Waals surface area (Å²) in [5.41, 5.74) is 4.15. The standard InChI is InChI=1S/C23H31N3O3/c1-15-4-3-5-20(6-15)29-14-22(28)26-25-16(2)7-21(27)24-23-11-17-8-18(12-23)10-19(9-17)13-23/h3-6,17-19H,7-14H2,1-2H3,(H,24,27)(H,26,28)/b25-16+. The minimum atomic E-state index is -0.340. The molecule has 1 aromatic carbocycles. The van der Waals surface area contributed by atoms with Crippen LogP contribution in [0, 0.1) is 24.7 Å². The van der Waals surface area contributed by atoms with Gasteiger partial charge in [-0.1, -0.05) is 12.1 Å². The molecule has 29 heavy (non-hydrogen) atoms. The Bertz CT molecular complexity index is 782. The summed E-state index contributed by atoms with van der Waals surface area (Å²) >= 11 is 0. The van der Waals surface area contributed by atoms with Crippen LogP contribution in [-0.4, -0.2) is 29.7 Å². The lowest BCUT2D eigenvalue weighted by atomic mass is 9.53. The maximum Gasteiger partial charge on any atom is 0.277 e. The molecule has 0 aromatic heterocycles. The van der Waals surface area contributed by atoms with Crippen molar-refractivity contribution in [2.45, 2.75) is 64.3 Å². The number of nitrogens with one attached hydrogen (secondary N) is 2. The number of benzene rings is 1. The van der Waals surface area contributed by atoms with Crippen LogP contribution in [-0.2, 0) is 9.59 Å². The van der Waals surface area contributed by atoms with E-state index in [1.807, 2.05) is 31.2 Å². The van der Waals surface area contributed by atoms with Gasteiger partial charge in [0, 0.05) is 11.3 Å². The van der Waals surface area contributed by atoms with Gasteiger partial charge in [0.15, 0.2) is 6.61 Å². The highest BCUT2D eigenvalue weighted by Gasteiger charge is 2.51. The highest BCUT2D eigenvalue weighted by molar-refractivity contribution is 6.00. The number of hydrogen-bond acceptors (Lipinski definition) is 4. The van der Waals surface area contributed by atoms with E-state index < -0.39 is 0 Å². The maximum atomic E-state index is 12.6. The van der Waals surface area contributed by atoms with E-state index in [9.17, 15) is 9.59 Å². The molecular weight excluding hydrogens is 366 g/mol. The maximum absolute atomic E-state index is 12.6. The number of nitrogens with zero attached hydrogens (tertiary/aromatic N) is 1. The van der Waals surface area contributed by atoms with Gasteiger partial charge in [0.25, 0.3) is 5.91 Å². The minimum absolute atomic E-state index is 0.0109. The number of carbonyl (C=O) groups excluding carboxylic acids is 2. The van der Waals surface area contributed by atoms with Crippen molar-refractivity contribution < 1.29 is 14.3 Å². The number of hydrazone groups is 1. The van der Waals surface area contributed by atoms with Crippen LogP contribution in [0.1, 0.15) is 57.4 Å². The van der Waals surface area contributed by atoms with Gasteiger partial charge in [-0.05, 0) is 87.8 Å². The third-order valence-corrected chi connectivity index (χ3v) is 6.59. The Morgan fingerprint density at radius 3 is 2.38 bits per heavy atom. The number of amides is 2. The summed E-state index contributed by atoms with van der Waals surface area (Å²) in [5.74, 6) is 2.71. The van der Waals surface area contributed by atoms with Gasteiger partial charge in [-0.15, -0.1) is 0 Å².